The number of pyridine rings is 1. The zero-order chi connectivity index (χ0) is 16.9. The lowest BCUT2D eigenvalue weighted by molar-refractivity contribution is 0.191. The normalized spacial score (nSPS) is 13.4. The number of nitrogens with one attached hydrogen (secondary N) is 1. The van der Waals surface area contributed by atoms with Crippen molar-refractivity contribution in [3.05, 3.63) is 53.9 Å². The Morgan fingerprint density at radius 1 is 1.38 bits per heavy atom. The molecule has 0 atom stereocenters. The summed E-state index contributed by atoms with van der Waals surface area (Å²) in [5, 5.41) is 12.6. The second-order valence-electron chi connectivity index (χ2n) is 5.85. The second kappa shape index (κ2) is 7.21. The number of aromatic nitrogens is 1. The molecule has 2 N–H and O–H groups in total. The Bertz CT molecular complexity index is 702. The molecule has 0 unspecified atom stereocenters. The number of hydrogen-bond acceptors (Lipinski definition) is 4. The molecule has 1 saturated carbocycles. The summed E-state index contributed by atoms with van der Waals surface area (Å²) in [5.41, 5.74) is 1.75. The molecule has 0 saturated heterocycles. The number of amides is 2. The van der Waals surface area contributed by atoms with Crippen molar-refractivity contribution in [1.82, 2.24) is 15.2 Å². The summed E-state index contributed by atoms with van der Waals surface area (Å²) in [5.74, 6) is 0.510. The average Bonchev–Trinajstić information content (AvgIpc) is 3.44. The van der Waals surface area contributed by atoms with Gasteiger partial charge in [0.2, 0.25) is 0 Å². The van der Waals surface area contributed by atoms with E-state index in [1.165, 1.54) is 7.11 Å². The number of hydrogen-bond donors (Lipinski definition) is 2. The Kier molecular flexibility index (Phi) is 4.84. The van der Waals surface area contributed by atoms with E-state index in [1.807, 2.05) is 23.1 Å². The fourth-order valence-electron chi connectivity index (χ4n) is 2.54. The van der Waals surface area contributed by atoms with E-state index < -0.39 is 0 Å². The smallest absolute Gasteiger partial charge is 0.318 e. The molecule has 1 aliphatic carbocycles. The Balaban J connectivity index is 1.65. The molecule has 2 aromatic rings. The molecule has 1 aromatic heterocycles. The number of aromatic hydroxyl groups is 1. The van der Waals surface area contributed by atoms with E-state index in [-0.39, 0.29) is 17.8 Å². The van der Waals surface area contributed by atoms with Gasteiger partial charge >= 0.3 is 6.03 Å². The van der Waals surface area contributed by atoms with Crippen molar-refractivity contribution in [2.75, 3.05) is 7.11 Å². The van der Waals surface area contributed by atoms with Crippen LogP contribution in [0.2, 0.25) is 0 Å². The maximum absolute atomic E-state index is 12.5. The van der Waals surface area contributed by atoms with Gasteiger partial charge in [-0.2, -0.15) is 0 Å². The predicted molar refractivity (Wildman–Crippen MR) is 89.7 cm³/mol. The minimum Gasteiger partial charge on any atom is -0.504 e. The fourth-order valence-corrected chi connectivity index (χ4v) is 2.54. The second-order valence-corrected chi connectivity index (χ2v) is 5.85. The van der Waals surface area contributed by atoms with Gasteiger partial charge in [0.05, 0.1) is 19.3 Å². The van der Waals surface area contributed by atoms with Crippen molar-refractivity contribution < 1.29 is 14.6 Å². The van der Waals surface area contributed by atoms with E-state index >= 15 is 0 Å². The van der Waals surface area contributed by atoms with Crippen molar-refractivity contribution in [1.29, 1.82) is 0 Å². The Morgan fingerprint density at radius 2 is 2.21 bits per heavy atom. The lowest BCUT2D eigenvalue weighted by Crippen LogP contribution is -2.40. The van der Waals surface area contributed by atoms with Gasteiger partial charge in [0.1, 0.15) is 0 Å². The number of methoxy groups -OCH3 is 1. The summed E-state index contributed by atoms with van der Waals surface area (Å²) in [4.78, 5) is 18.6. The van der Waals surface area contributed by atoms with Crippen LogP contribution in [0.5, 0.6) is 11.5 Å². The van der Waals surface area contributed by atoms with Gasteiger partial charge in [-0.1, -0.05) is 12.1 Å². The molecule has 0 spiro atoms. The molecule has 126 valence electrons. The van der Waals surface area contributed by atoms with Crippen molar-refractivity contribution in [2.24, 2.45) is 0 Å². The van der Waals surface area contributed by atoms with E-state index in [0.717, 1.165) is 24.1 Å². The SMILES string of the molecule is COc1cc(CN(C(=O)NCc2ccccn2)C2CC2)ccc1O. The number of nitrogens with zero attached hydrogens (tertiary/aromatic N) is 2. The van der Waals surface area contributed by atoms with Crippen LogP contribution in [0, 0.1) is 0 Å². The lowest BCUT2D eigenvalue weighted by atomic mass is 10.2. The molecule has 24 heavy (non-hydrogen) atoms. The minimum atomic E-state index is -0.102. The maximum atomic E-state index is 12.5. The molecule has 1 fully saturated rings. The van der Waals surface area contributed by atoms with E-state index in [0.29, 0.717) is 18.8 Å². The van der Waals surface area contributed by atoms with Gasteiger partial charge in [0, 0.05) is 18.8 Å². The van der Waals surface area contributed by atoms with E-state index in [4.69, 9.17) is 4.74 Å². The number of urea groups is 1. The molecule has 1 heterocycles. The first-order chi connectivity index (χ1) is 11.7. The molecule has 2 amide bonds. The lowest BCUT2D eigenvalue weighted by Gasteiger charge is -2.23. The largest absolute Gasteiger partial charge is 0.504 e. The van der Waals surface area contributed by atoms with Crippen LogP contribution in [0.25, 0.3) is 0 Å². The minimum absolute atomic E-state index is 0.0961. The summed E-state index contributed by atoms with van der Waals surface area (Å²) in [6.45, 7) is 0.886. The Morgan fingerprint density at radius 3 is 2.88 bits per heavy atom. The van der Waals surface area contributed by atoms with Crippen LogP contribution in [0.4, 0.5) is 4.79 Å². The van der Waals surface area contributed by atoms with Gasteiger partial charge in [0.15, 0.2) is 11.5 Å². The molecule has 1 aromatic carbocycles. The summed E-state index contributed by atoms with van der Waals surface area (Å²) in [6, 6.07) is 11.0. The van der Waals surface area contributed by atoms with Crippen molar-refractivity contribution in [2.45, 2.75) is 32.0 Å². The first-order valence-corrected chi connectivity index (χ1v) is 7.97. The van der Waals surface area contributed by atoms with Crippen molar-refractivity contribution in [3.8, 4) is 11.5 Å². The highest BCUT2D eigenvalue weighted by atomic mass is 16.5. The van der Waals surface area contributed by atoms with Crippen molar-refractivity contribution in [3.63, 3.8) is 0 Å². The van der Waals surface area contributed by atoms with E-state index in [2.05, 4.69) is 10.3 Å². The molecule has 0 radical (unpaired) electrons. The molecule has 1 aliphatic rings. The van der Waals surface area contributed by atoms with Crippen LogP contribution in [-0.2, 0) is 13.1 Å². The first kappa shape index (κ1) is 16.1. The third kappa shape index (κ3) is 3.95. The van der Waals surface area contributed by atoms with Crippen LogP contribution in [0.3, 0.4) is 0 Å². The highest BCUT2D eigenvalue weighted by molar-refractivity contribution is 5.75. The van der Waals surface area contributed by atoms with Gasteiger partial charge in [-0.15, -0.1) is 0 Å². The molecule has 6 nitrogen and oxygen atoms in total. The number of rotatable bonds is 6. The molecular weight excluding hydrogens is 306 g/mol. The van der Waals surface area contributed by atoms with Gasteiger partial charge in [0.25, 0.3) is 0 Å². The summed E-state index contributed by atoms with van der Waals surface area (Å²) in [7, 11) is 1.51. The number of ether oxygens (including phenoxy) is 1. The Hall–Kier alpha value is -2.76. The molecule has 0 aliphatic heterocycles. The monoisotopic (exact) mass is 327 g/mol. The third-order valence-electron chi connectivity index (χ3n) is 3.99. The predicted octanol–water partition coefficient (Wildman–Crippen LogP) is 2.67. The zero-order valence-corrected chi connectivity index (χ0v) is 13.6. The standard InChI is InChI=1S/C18H21N3O3/c1-24-17-10-13(5-8-16(17)22)12-21(15-6-7-15)18(23)20-11-14-4-2-3-9-19-14/h2-5,8-10,15,22H,6-7,11-12H2,1H3,(H,20,23). The van der Waals surface area contributed by atoms with Gasteiger partial charge in [-0.05, 0) is 42.7 Å². The van der Waals surface area contributed by atoms with Crippen LogP contribution in [0.15, 0.2) is 42.6 Å². The highest BCUT2D eigenvalue weighted by Crippen LogP contribution is 2.31. The quantitative estimate of drug-likeness (QED) is 0.855. The van der Waals surface area contributed by atoms with Crippen LogP contribution in [-0.4, -0.2) is 34.2 Å². The first-order valence-electron chi connectivity index (χ1n) is 7.97. The highest BCUT2D eigenvalue weighted by Gasteiger charge is 2.32. The summed E-state index contributed by atoms with van der Waals surface area (Å²) in [6.07, 6.45) is 3.75. The fraction of sp³-hybridized carbons (Fsp3) is 0.333. The van der Waals surface area contributed by atoms with Crippen LogP contribution < -0.4 is 10.1 Å². The number of benzene rings is 1. The van der Waals surface area contributed by atoms with Gasteiger partial charge < -0.3 is 20.1 Å². The zero-order valence-electron chi connectivity index (χ0n) is 13.6. The molecule has 6 heteroatoms. The van der Waals surface area contributed by atoms with Gasteiger partial charge in [-0.25, -0.2) is 4.79 Å². The van der Waals surface area contributed by atoms with Crippen LogP contribution >= 0.6 is 0 Å². The molecule has 3 rings (SSSR count). The number of carbonyl (C=O) groups is 1. The number of phenolic OH excluding ortho intramolecular Hbond substituents is 1. The van der Waals surface area contributed by atoms with E-state index in [1.54, 1.807) is 24.4 Å². The third-order valence-corrected chi connectivity index (χ3v) is 3.99. The Labute approximate surface area is 141 Å². The number of phenols is 1. The van der Waals surface area contributed by atoms with Crippen molar-refractivity contribution >= 4 is 6.03 Å². The molecule has 0 bridgehead atoms. The molecular formula is C18H21N3O3. The van der Waals surface area contributed by atoms with E-state index in [9.17, 15) is 9.90 Å². The number of carbonyl (C=O) groups excluding carboxylic acids is 1. The average molecular weight is 327 g/mol. The summed E-state index contributed by atoms with van der Waals surface area (Å²) >= 11 is 0. The maximum Gasteiger partial charge on any atom is 0.318 e. The van der Waals surface area contributed by atoms with Gasteiger partial charge in [-0.3, -0.25) is 4.98 Å². The van der Waals surface area contributed by atoms with Crippen LogP contribution in [0.1, 0.15) is 24.1 Å². The topological polar surface area (TPSA) is 74.7 Å². The summed E-state index contributed by atoms with van der Waals surface area (Å²) < 4.78 is 5.13.